The van der Waals surface area contributed by atoms with Crippen LogP contribution in [0.5, 0.6) is 0 Å². The van der Waals surface area contributed by atoms with Gasteiger partial charge in [-0.15, -0.1) is 0 Å². The largest absolute Gasteiger partial charge is 0.351 e. The van der Waals surface area contributed by atoms with Crippen LogP contribution in [-0.2, 0) is 0 Å². The zero-order valence-electron chi connectivity index (χ0n) is 8.16. The van der Waals surface area contributed by atoms with Crippen molar-refractivity contribution in [2.24, 2.45) is 0 Å². The molecule has 0 unspecified atom stereocenters. The number of benzene rings is 1. The zero-order valence-corrected chi connectivity index (χ0v) is 8.16. The molecule has 0 aliphatic rings. The summed E-state index contributed by atoms with van der Waals surface area (Å²) in [5, 5.41) is 3.73. The predicted molar refractivity (Wildman–Crippen MR) is 57.2 cm³/mol. The van der Waals surface area contributed by atoms with Gasteiger partial charge in [-0.2, -0.15) is 4.98 Å². The Morgan fingerprint density at radius 2 is 1.88 bits per heavy atom. The van der Waals surface area contributed by atoms with Crippen LogP contribution in [0.1, 0.15) is 0 Å². The molecule has 0 saturated heterocycles. The minimum absolute atomic E-state index is 0.0502. The number of fused-ring (bicyclic) bond motifs is 1. The molecule has 0 aliphatic carbocycles. The Balaban J connectivity index is 2.18. The maximum atomic E-state index is 5.36. The fraction of sp³-hybridized carbons (Fsp3) is 0. The van der Waals surface area contributed by atoms with Crippen molar-refractivity contribution in [3.63, 3.8) is 0 Å². The van der Waals surface area contributed by atoms with Gasteiger partial charge in [0.05, 0.1) is 11.0 Å². The highest BCUT2D eigenvalue weighted by molar-refractivity contribution is 5.79. The van der Waals surface area contributed by atoms with Gasteiger partial charge in [-0.1, -0.05) is 5.16 Å². The lowest BCUT2D eigenvalue weighted by molar-refractivity contribution is 0.437. The molecule has 0 saturated carbocycles. The fourth-order valence-corrected chi connectivity index (χ4v) is 1.45. The van der Waals surface area contributed by atoms with Gasteiger partial charge in [0.15, 0.2) is 0 Å². The smallest absolute Gasteiger partial charge is 0.319 e. The van der Waals surface area contributed by atoms with Crippen LogP contribution in [0.3, 0.4) is 0 Å². The van der Waals surface area contributed by atoms with Crippen molar-refractivity contribution in [1.29, 1.82) is 0 Å². The minimum atomic E-state index is 0.0502. The quantitative estimate of drug-likeness (QED) is 0.654. The summed E-state index contributed by atoms with van der Waals surface area (Å²) in [6, 6.07) is 5.59. The van der Waals surface area contributed by atoms with Gasteiger partial charge in [-0.05, 0) is 18.2 Å². The van der Waals surface area contributed by atoms with Crippen molar-refractivity contribution in [2.45, 2.75) is 0 Å². The Kier molecular flexibility index (Phi) is 1.79. The Morgan fingerprint density at radius 1 is 1.06 bits per heavy atom. The number of hydrogen-bond acceptors (Lipinski definition) is 6. The Hall–Kier alpha value is -2.50. The molecule has 1 aromatic carbocycles. The van der Waals surface area contributed by atoms with E-state index >= 15 is 0 Å². The number of nitrogens with zero attached hydrogens (tertiary/aromatic N) is 4. The first kappa shape index (κ1) is 8.78. The first-order valence-corrected chi connectivity index (χ1v) is 4.63. The lowest BCUT2D eigenvalue weighted by Gasteiger charge is -1.97. The summed E-state index contributed by atoms with van der Waals surface area (Å²) in [7, 11) is 0. The lowest BCUT2D eigenvalue weighted by Crippen LogP contribution is -1.86. The molecular formula is C10H7N5O. The highest BCUT2D eigenvalue weighted by atomic mass is 16.5. The van der Waals surface area contributed by atoms with E-state index in [1.807, 2.05) is 18.2 Å². The van der Waals surface area contributed by atoms with Crippen LogP contribution in [0.2, 0.25) is 0 Å². The zero-order chi connectivity index (χ0) is 11.0. The third-order valence-corrected chi connectivity index (χ3v) is 2.17. The summed E-state index contributed by atoms with van der Waals surface area (Å²) in [5.41, 5.74) is 7.76. The summed E-state index contributed by atoms with van der Waals surface area (Å²) in [4.78, 5) is 12.3. The lowest BCUT2D eigenvalue weighted by atomic mass is 10.2. The molecule has 0 amide bonds. The van der Waals surface area contributed by atoms with E-state index in [-0.39, 0.29) is 6.01 Å². The van der Waals surface area contributed by atoms with Crippen LogP contribution >= 0.6 is 0 Å². The van der Waals surface area contributed by atoms with Crippen molar-refractivity contribution >= 4 is 17.0 Å². The van der Waals surface area contributed by atoms with E-state index < -0.39 is 0 Å². The van der Waals surface area contributed by atoms with Crippen LogP contribution < -0.4 is 5.73 Å². The third-order valence-electron chi connectivity index (χ3n) is 2.17. The normalized spacial score (nSPS) is 10.8. The van der Waals surface area contributed by atoms with Crippen molar-refractivity contribution < 1.29 is 4.52 Å². The van der Waals surface area contributed by atoms with E-state index in [1.54, 1.807) is 12.4 Å². The Morgan fingerprint density at radius 3 is 2.62 bits per heavy atom. The van der Waals surface area contributed by atoms with Gasteiger partial charge in [-0.25, -0.2) is 0 Å². The number of nitrogen functional groups attached to an aromatic ring is 1. The van der Waals surface area contributed by atoms with Crippen LogP contribution in [-0.4, -0.2) is 20.1 Å². The molecule has 2 N–H and O–H groups in total. The second-order valence-electron chi connectivity index (χ2n) is 3.22. The molecule has 0 fully saturated rings. The highest BCUT2D eigenvalue weighted by Crippen LogP contribution is 2.20. The van der Waals surface area contributed by atoms with Crippen LogP contribution in [0.4, 0.5) is 6.01 Å². The summed E-state index contributed by atoms with van der Waals surface area (Å²) in [6.07, 6.45) is 3.28. The minimum Gasteiger partial charge on any atom is -0.351 e. The first-order chi connectivity index (χ1) is 7.83. The predicted octanol–water partition coefficient (Wildman–Crippen LogP) is 1.26. The molecule has 16 heavy (non-hydrogen) atoms. The number of hydrogen-bond donors (Lipinski definition) is 1. The van der Waals surface area contributed by atoms with Gasteiger partial charge in [0, 0.05) is 18.0 Å². The van der Waals surface area contributed by atoms with Crippen LogP contribution in [0.25, 0.3) is 22.4 Å². The van der Waals surface area contributed by atoms with E-state index in [2.05, 4.69) is 20.1 Å². The Bertz CT molecular complexity index is 648. The summed E-state index contributed by atoms with van der Waals surface area (Å²) >= 11 is 0. The molecule has 0 radical (unpaired) electrons. The van der Waals surface area contributed by atoms with Crippen LogP contribution in [0, 0.1) is 0 Å². The van der Waals surface area contributed by atoms with Crippen LogP contribution in [0.15, 0.2) is 35.1 Å². The number of nitrogens with two attached hydrogens (primary N) is 1. The topological polar surface area (TPSA) is 90.7 Å². The van der Waals surface area contributed by atoms with Crippen molar-refractivity contribution in [3.05, 3.63) is 30.6 Å². The molecule has 2 aromatic heterocycles. The van der Waals surface area contributed by atoms with Gasteiger partial charge in [-0.3, -0.25) is 9.97 Å². The highest BCUT2D eigenvalue weighted by Gasteiger charge is 2.07. The van der Waals surface area contributed by atoms with E-state index in [0.29, 0.717) is 5.82 Å². The SMILES string of the molecule is Nc1nc(-c2ccc3nccnc3c2)no1. The fourth-order valence-electron chi connectivity index (χ4n) is 1.45. The molecule has 0 atom stereocenters. The van der Waals surface area contributed by atoms with Gasteiger partial charge >= 0.3 is 6.01 Å². The molecule has 3 rings (SSSR count). The van der Waals surface area contributed by atoms with Crippen molar-refractivity contribution in [3.8, 4) is 11.4 Å². The maximum absolute atomic E-state index is 5.36. The standard InChI is InChI=1S/C10H7N5O/c11-10-14-9(15-16-10)6-1-2-7-8(5-6)13-4-3-12-7/h1-5H,(H2,11,14,15). The average Bonchev–Trinajstić information content (AvgIpc) is 2.75. The molecule has 0 bridgehead atoms. The molecule has 78 valence electrons. The number of aromatic nitrogens is 4. The first-order valence-electron chi connectivity index (χ1n) is 4.63. The van der Waals surface area contributed by atoms with E-state index in [0.717, 1.165) is 16.6 Å². The molecule has 2 heterocycles. The maximum Gasteiger partial charge on any atom is 0.319 e. The molecule has 3 aromatic rings. The average molecular weight is 213 g/mol. The molecule has 6 heteroatoms. The molecular weight excluding hydrogens is 206 g/mol. The number of anilines is 1. The number of rotatable bonds is 1. The second kappa shape index (κ2) is 3.27. The second-order valence-corrected chi connectivity index (χ2v) is 3.22. The molecule has 0 aliphatic heterocycles. The summed E-state index contributed by atoms with van der Waals surface area (Å²) in [5.74, 6) is 0.449. The van der Waals surface area contributed by atoms with Crippen molar-refractivity contribution in [1.82, 2.24) is 20.1 Å². The van der Waals surface area contributed by atoms with Gasteiger partial charge < -0.3 is 10.3 Å². The third kappa shape index (κ3) is 1.36. The van der Waals surface area contributed by atoms with E-state index in [4.69, 9.17) is 10.3 Å². The summed E-state index contributed by atoms with van der Waals surface area (Å²) in [6.45, 7) is 0. The van der Waals surface area contributed by atoms with Gasteiger partial charge in [0.1, 0.15) is 0 Å². The van der Waals surface area contributed by atoms with Gasteiger partial charge in [0.2, 0.25) is 5.82 Å². The monoisotopic (exact) mass is 213 g/mol. The molecule has 0 spiro atoms. The van der Waals surface area contributed by atoms with Gasteiger partial charge in [0.25, 0.3) is 0 Å². The van der Waals surface area contributed by atoms with E-state index in [1.165, 1.54) is 0 Å². The Labute approximate surface area is 90.1 Å². The molecule has 6 nitrogen and oxygen atoms in total. The summed E-state index contributed by atoms with van der Waals surface area (Å²) < 4.78 is 4.71. The van der Waals surface area contributed by atoms with E-state index in [9.17, 15) is 0 Å². The van der Waals surface area contributed by atoms with Crippen molar-refractivity contribution in [2.75, 3.05) is 5.73 Å².